The lowest BCUT2D eigenvalue weighted by Crippen LogP contribution is -2.09. The van der Waals surface area contributed by atoms with Crippen LogP contribution in [0.5, 0.6) is 0 Å². The van der Waals surface area contributed by atoms with Gasteiger partial charge in [-0.05, 0) is 119 Å². The highest BCUT2D eigenvalue weighted by Crippen LogP contribution is 2.41. The van der Waals surface area contributed by atoms with Gasteiger partial charge in [0.15, 0.2) is 5.82 Å². The lowest BCUT2D eigenvalue weighted by atomic mass is 10.0. The summed E-state index contributed by atoms with van der Waals surface area (Å²) in [4.78, 5) is 19.3. The molecule has 11 rings (SSSR count). The Morgan fingerprint density at radius 3 is 1.68 bits per heavy atom. The molecule has 0 N–H and O–H groups in total. The van der Waals surface area contributed by atoms with Gasteiger partial charge in [-0.2, -0.15) is 0 Å². The minimum atomic E-state index is 0.640. The molecular formula is C52H35N7. The standard InChI is InChI=1S/C52H35N7/c1-3-9-42(10-4-1)57-31-29-38-19-27-47-48-32-40(20-28-49(48)59(51(47)50(38)57)43-11-5-2-6-12-43)36-13-21-44(22-14-36)58(45-23-15-37(16-24-45)41-8-7-30-53-33-41)46-25-17-39(18-26-46)52-55-34-54-35-56-52/h1-35H. The molecule has 11 aromatic rings. The van der Waals surface area contributed by atoms with E-state index in [0.717, 1.165) is 56.3 Å². The molecule has 0 atom stereocenters. The predicted octanol–water partition coefficient (Wildman–Crippen LogP) is 12.8. The first-order valence-electron chi connectivity index (χ1n) is 19.6. The molecule has 4 heterocycles. The van der Waals surface area contributed by atoms with E-state index in [1.165, 1.54) is 45.4 Å². The minimum Gasteiger partial charge on any atom is -0.315 e. The van der Waals surface area contributed by atoms with Crippen LogP contribution in [0.15, 0.2) is 213 Å². The topological polar surface area (TPSA) is 64.7 Å². The molecule has 0 aliphatic rings. The van der Waals surface area contributed by atoms with Crippen LogP contribution in [0, 0.1) is 0 Å². The fraction of sp³-hybridized carbons (Fsp3) is 0. The first-order valence-corrected chi connectivity index (χ1v) is 19.6. The molecule has 0 saturated carbocycles. The molecule has 0 unspecified atom stereocenters. The zero-order valence-corrected chi connectivity index (χ0v) is 31.8. The molecule has 0 radical (unpaired) electrons. The zero-order chi connectivity index (χ0) is 39.1. The van der Waals surface area contributed by atoms with Gasteiger partial charge in [0.1, 0.15) is 12.7 Å². The number of hydrogen-bond acceptors (Lipinski definition) is 5. The molecule has 0 amide bonds. The third-order valence-corrected chi connectivity index (χ3v) is 11.1. The lowest BCUT2D eigenvalue weighted by Gasteiger charge is -2.26. The van der Waals surface area contributed by atoms with Crippen LogP contribution >= 0.6 is 0 Å². The predicted molar refractivity (Wildman–Crippen MR) is 240 cm³/mol. The van der Waals surface area contributed by atoms with Gasteiger partial charge >= 0.3 is 0 Å². The third-order valence-electron chi connectivity index (χ3n) is 11.1. The molecule has 0 bridgehead atoms. The quantitative estimate of drug-likeness (QED) is 0.154. The van der Waals surface area contributed by atoms with Gasteiger partial charge in [0.2, 0.25) is 0 Å². The average molecular weight is 758 g/mol. The molecule has 7 heteroatoms. The maximum Gasteiger partial charge on any atom is 0.162 e. The molecule has 0 fully saturated rings. The maximum absolute atomic E-state index is 4.35. The van der Waals surface area contributed by atoms with Crippen molar-refractivity contribution in [3.63, 3.8) is 0 Å². The van der Waals surface area contributed by atoms with Crippen molar-refractivity contribution in [3.05, 3.63) is 213 Å². The molecule has 7 nitrogen and oxygen atoms in total. The van der Waals surface area contributed by atoms with Crippen LogP contribution in [0.25, 0.3) is 77.7 Å². The normalized spacial score (nSPS) is 11.4. The van der Waals surface area contributed by atoms with Gasteiger partial charge in [0.25, 0.3) is 0 Å². The minimum absolute atomic E-state index is 0.640. The monoisotopic (exact) mass is 757 g/mol. The smallest absolute Gasteiger partial charge is 0.162 e. The van der Waals surface area contributed by atoms with Gasteiger partial charge in [-0.1, -0.05) is 84.9 Å². The Kier molecular flexibility index (Phi) is 8.33. The van der Waals surface area contributed by atoms with Crippen molar-refractivity contribution in [1.82, 2.24) is 29.1 Å². The summed E-state index contributed by atoms with van der Waals surface area (Å²) >= 11 is 0. The van der Waals surface area contributed by atoms with E-state index >= 15 is 0 Å². The number of fused-ring (bicyclic) bond motifs is 5. The highest BCUT2D eigenvalue weighted by atomic mass is 15.1. The second-order valence-corrected chi connectivity index (χ2v) is 14.5. The highest BCUT2D eigenvalue weighted by molar-refractivity contribution is 6.18. The molecule has 278 valence electrons. The van der Waals surface area contributed by atoms with Crippen molar-refractivity contribution in [3.8, 4) is 45.0 Å². The van der Waals surface area contributed by atoms with Crippen molar-refractivity contribution in [1.29, 1.82) is 0 Å². The lowest BCUT2D eigenvalue weighted by molar-refractivity contribution is 1.06. The molecule has 59 heavy (non-hydrogen) atoms. The van der Waals surface area contributed by atoms with E-state index in [0.29, 0.717) is 5.82 Å². The van der Waals surface area contributed by atoms with Crippen LogP contribution in [0.2, 0.25) is 0 Å². The summed E-state index contributed by atoms with van der Waals surface area (Å²) in [7, 11) is 0. The van der Waals surface area contributed by atoms with Gasteiger partial charge in [-0.15, -0.1) is 0 Å². The number of aromatic nitrogens is 6. The Balaban J connectivity index is 1.02. The molecular weight excluding hydrogens is 723 g/mol. The molecule has 0 aliphatic carbocycles. The van der Waals surface area contributed by atoms with E-state index < -0.39 is 0 Å². The van der Waals surface area contributed by atoms with Crippen molar-refractivity contribution in [2.24, 2.45) is 0 Å². The molecule has 7 aromatic carbocycles. The third kappa shape index (κ3) is 6.09. The summed E-state index contributed by atoms with van der Waals surface area (Å²) in [6, 6.07) is 64.8. The number of nitrogens with zero attached hydrogens (tertiary/aromatic N) is 7. The second kappa shape index (κ2) is 14.4. The summed E-state index contributed by atoms with van der Waals surface area (Å²) in [6.45, 7) is 0. The number of benzene rings is 7. The van der Waals surface area contributed by atoms with Crippen LogP contribution in [-0.4, -0.2) is 29.1 Å². The van der Waals surface area contributed by atoms with E-state index in [2.05, 4.69) is 216 Å². The van der Waals surface area contributed by atoms with Crippen LogP contribution in [0.1, 0.15) is 0 Å². The van der Waals surface area contributed by atoms with E-state index in [1.807, 2.05) is 12.3 Å². The number of hydrogen-bond donors (Lipinski definition) is 0. The second-order valence-electron chi connectivity index (χ2n) is 14.5. The van der Waals surface area contributed by atoms with E-state index in [1.54, 1.807) is 6.20 Å². The van der Waals surface area contributed by atoms with Gasteiger partial charge in [-0.25, -0.2) is 15.0 Å². The van der Waals surface area contributed by atoms with E-state index in [9.17, 15) is 0 Å². The first-order chi connectivity index (χ1) is 29.3. The fourth-order valence-corrected chi connectivity index (χ4v) is 8.29. The van der Waals surface area contributed by atoms with Gasteiger partial charge < -0.3 is 14.0 Å². The molecule has 0 aliphatic heterocycles. The SMILES string of the molecule is c1ccc(-n2ccc3ccc4c5cc(-c6ccc(N(c7ccc(-c8cccnc8)cc7)c7ccc(-c8ncncn8)cc7)cc6)ccc5n(-c5ccccc5)c4c32)cc1. The zero-order valence-electron chi connectivity index (χ0n) is 31.8. The first kappa shape index (κ1) is 34.1. The Morgan fingerprint density at radius 2 is 1.03 bits per heavy atom. The van der Waals surface area contributed by atoms with Gasteiger partial charge in [0.05, 0.1) is 16.6 Å². The number of rotatable bonds is 8. The van der Waals surface area contributed by atoms with E-state index in [-0.39, 0.29) is 0 Å². The Bertz CT molecular complexity index is 3130. The van der Waals surface area contributed by atoms with Gasteiger partial charge in [0, 0.05) is 68.7 Å². The fourth-order valence-electron chi connectivity index (χ4n) is 8.29. The number of anilines is 3. The summed E-state index contributed by atoms with van der Waals surface area (Å²) in [5.74, 6) is 0.640. The molecule has 4 aromatic heterocycles. The van der Waals surface area contributed by atoms with Crippen LogP contribution in [0.4, 0.5) is 17.1 Å². The van der Waals surface area contributed by atoms with Crippen LogP contribution in [0.3, 0.4) is 0 Å². The van der Waals surface area contributed by atoms with Crippen LogP contribution in [-0.2, 0) is 0 Å². The highest BCUT2D eigenvalue weighted by Gasteiger charge is 2.19. The molecule has 0 spiro atoms. The Morgan fingerprint density at radius 1 is 0.424 bits per heavy atom. The largest absolute Gasteiger partial charge is 0.315 e. The molecule has 0 saturated heterocycles. The Hall–Kier alpha value is -8.16. The number of pyridine rings is 1. The van der Waals surface area contributed by atoms with Crippen LogP contribution < -0.4 is 4.90 Å². The summed E-state index contributed by atoms with van der Waals surface area (Å²) < 4.78 is 4.73. The summed E-state index contributed by atoms with van der Waals surface area (Å²) in [6.07, 6.45) is 8.92. The van der Waals surface area contributed by atoms with E-state index in [4.69, 9.17) is 0 Å². The number of para-hydroxylation sites is 2. The van der Waals surface area contributed by atoms with Crippen molar-refractivity contribution < 1.29 is 0 Å². The summed E-state index contributed by atoms with van der Waals surface area (Å²) in [5.41, 5.74) is 14.3. The van der Waals surface area contributed by atoms with Crippen molar-refractivity contribution in [2.45, 2.75) is 0 Å². The van der Waals surface area contributed by atoms with Crippen molar-refractivity contribution >= 4 is 49.8 Å². The average Bonchev–Trinajstić information content (AvgIpc) is 3.90. The van der Waals surface area contributed by atoms with Crippen molar-refractivity contribution in [2.75, 3.05) is 4.90 Å². The van der Waals surface area contributed by atoms with Gasteiger partial charge in [-0.3, -0.25) is 4.98 Å². The maximum atomic E-state index is 4.35. The summed E-state index contributed by atoms with van der Waals surface area (Å²) in [5, 5.41) is 3.63. The Labute approximate surface area is 340 Å².